The van der Waals surface area contributed by atoms with Crippen LogP contribution in [0.1, 0.15) is 126 Å². The van der Waals surface area contributed by atoms with Gasteiger partial charge < -0.3 is 13.7 Å². The summed E-state index contributed by atoms with van der Waals surface area (Å²) >= 11 is 0. The number of hydrogen-bond acceptors (Lipinski definition) is 3. The number of anilines is 3. The van der Waals surface area contributed by atoms with Crippen LogP contribution < -0.4 is 4.90 Å². The van der Waals surface area contributed by atoms with Crippen LogP contribution in [-0.2, 0) is 27.1 Å². The molecule has 0 N–H and O–H groups in total. The van der Waals surface area contributed by atoms with Gasteiger partial charge in [-0.05, 0) is 137 Å². The third-order valence-corrected chi connectivity index (χ3v) is 18.3. The summed E-state index contributed by atoms with van der Waals surface area (Å²) < 4.78 is 14.0. The van der Waals surface area contributed by atoms with Crippen molar-refractivity contribution in [2.24, 2.45) is 0 Å². The van der Waals surface area contributed by atoms with Crippen molar-refractivity contribution in [3.05, 3.63) is 208 Å². The highest BCUT2D eigenvalue weighted by atomic mass is 16.3. The standard InChI is InChI=1S/C70H59NO2/c1-66(2,3)38-28-30-39(31-29-38)71(40-32-34-44-50(36-40)69(8,9)60-54(44)56-46-22-14-18-26-52(46)72-64(56)58-42-20-12-16-24-48(42)67(4,5)62(58)60)41-33-35-45-51(37-41)70(10,11)61-55(45)57-47-23-15-19-27-53(47)73-65(57)59-43-21-13-17-25-49(43)68(6,7)63(59)61/h12-37H,1-11H3. The van der Waals surface area contributed by atoms with Crippen LogP contribution in [0.15, 0.2) is 167 Å². The molecule has 2 heterocycles. The first kappa shape index (κ1) is 43.0. The SMILES string of the molecule is CC(C)(C)c1ccc(N(c2ccc3c(c2)C(C)(C)c2c4c(c5oc6ccccc6c5c2-3)-c2ccccc2C4(C)C)c2ccc3c(c2)C(C)(C)c2c4c(c5oc6ccccc6c5c2-3)-c2ccccc2C4(C)C)cc1. The maximum atomic E-state index is 7.02. The van der Waals surface area contributed by atoms with Gasteiger partial charge in [-0.25, -0.2) is 0 Å². The molecular weight excluding hydrogens is 887 g/mol. The number of fused-ring (bicyclic) bond motifs is 24. The van der Waals surface area contributed by atoms with E-state index in [0.717, 1.165) is 39.4 Å². The van der Waals surface area contributed by atoms with Gasteiger partial charge >= 0.3 is 0 Å². The van der Waals surface area contributed by atoms with Gasteiger partial charge in [0.15, 0.2) is 0 Å². The number of nitrogens with zero attached hydrogens (tertiary/aromatic N) is 1. The van der Waals surface area contributed by atoms with Gasteiger partial charge in [-0.15, -0.1) is 0 Å². The lowest BCUT2D eigenvalue weighted by Gasteiger charge is -2.32. The van der Waals surface area contributed by atoms with Crippen LogP contribution >= 0.6 is 0 Å². The van der Waals surface area contributed by atoms with Crippen molar-refractivity contribution in [1.29, 1.82) is 0 Å². The van der Waals surface area contributed by atoms with Gasteiger partial charge in [0, 0.05) is 71.4 Å². The summed E-state index contributed by atoms with van der Waals surface area (Å²) in [5, 5.41) is 4.80. The van der Waals surface area contributed by atoms with Crippen molar-refractivity contribution in [3.8, 4) is 44.5 Å². The molecule has 3 nitrogen and oxygen atoms in total. The van der Waals surface area contributed by atoms with E-state index in [0.29, 0.717) is 0 Å². The number of para-hydroxylation sites is 2. The van der Waals surface area contributed by atoms with Crippen LogP contribution in [0.3, 0.4) is 0 Å². The molecule has 0 bridgehead atoms. The van der Waals surface area contributed by atoms with E-state index in [2.05, 4.69) is 239 Å². The van der Waals surface area contributed by atoms with E-state index in [1.807, 2.05) is 0 Å². The van der Waals surface area contributed by atoms with Crippen LogP contribution in [0.5, 0.6) is 0 Å². The Kier molecular flexibility index (Phi) is 8.07. The van der Waals surface area contributed by atoms with Crippen molar-refractivity contribution < 1.29 is 8.83 Å². The van der Waals surface area contributed by atoms with Crippen molar-refractivity contribution in [3.63, 3.8) is 0 Å². The van der Waals surface area contributed by atoms with Gasteiger partial charge in [0.1, 0.15) is 22.3 Å². The summed E-state index contributed by atoms with van der Waals surface area (Å²) in [7, 11) is 0. The molecule has 9 aromatic carbocycles. The molecule has 0 spiro atoms. The summed E-state index contributed by atoms with van der Waals surface area (Å²) in [5.74, 6) is 0. The Morgan fingerprint density at radius 2 is 0.712 bits per heavy atom. The average Bonchev–Trinajstić information content (AvgIpc) is 4.19. The van der Waals surface area contributed by atoms with Gasteiger partial charge in [0.2, 0.25) is 0 Å². The minimum atomic E-state index is -0.330. The highest BCUT2D eigenvalue weighted by Gasteiger charge is 2.51. The maximum absolute atomic E-state index is 7.02. The van der Waals surface area contributed by atoms with E-state index in [1.165, 1.54) is 116 Å². The van der Waals surface area contributed by atoms with E-state index in [-0.39, 0.29) is 27.1 Å². The van der Waals surface area contributed by atoms with Crippen LogP contribution in [0.25, 0.3) is 88.4 Å². The second-order valence-corrected chi connectivity index (χ2v) is 24.8. The van der Waals surface area contributed by atoms with Gasteiger partial charge in [0.05, 0.1) is 0 Å². The smallest absolute Gasteiger partial charge is 0.144 e. The van der Waals surface area contributed by atoms with E-state index in [9.17, 15) is 0 Å². The van der Waals surface area contributed by atoms with Gasteiger partial charge in [0.25, 0.3) is 0 Å². The second kappa shape index (κ2) is 13.7. The summed E-state index contributed by atoms with van der Waals surface area (Å²) in [6.07, 6.45) is 0. The normalized spacial score (nSPS) is 16.6. The molecular formula is C70H59NO2. The zero-order valence-electron chi connectivity index (χ0n) is 43.8. The molecule has 4 aliphatic carbocycles. The monoisotopic (exact) mass is 945 g/mol. The van der Waals surface area contributed by atoms with Crippen molar-refractivity contribution >= 4 is 60.9 Å². The Labute approximate surface area is 428 Å². The molecule has 73 heavy (non-hydrogen) atoms. The first-order valence-corrected chi connectivity index (χ1v) is 26.3. The lowest BCUT2D eigenvalue weighted by molar-refractivity contribution is 0.590. The summed E-state index contributed by atoms with van der Waals surface area (Å²) in [6, 6.07) is 59.3. The van der Waals surface area contributed by atoms with Crippen LogP contribution in [0.4, 0.5) is 17.1 Å². The topological polar surface area (TPSA) is 29.5 Å². The fourth-order valence-corrected chi connectivity index (χ4v) is 14.9. The average molecular weight is 946 g/mol. The largest absolute Gasteiger partial charge is 0.455 e. The number of hydrogen-bond donors (Lipinski definition) is 0. The van der Waals surface area contributed by atoms with E-state index < -0.39 is 0 Å². The second-order valence-electron chi connectivity index (χ2n) is 24.8. The minimum absolute atomic E-state index is 0.0165. The predicted molar refractivity (Wildman–Crippen MR) is 305 cm³/mol. The zero-order chi connectivity index (χ0) is 50.0. The highest BCUT2D eigenvalue weighted by Crippen LogP contribution is 2.66. The molecule has 0 saturated carbocycles. The molecule has 0 radical (unpaired) electrons. The summed E-state index contributed by atoms with van der Waals surface area (Å²) in [5.41, 5.74) is 28.8. The molecule has 0 atom stereocenters. The summed E-state index contributed by atoms with van der Waals surface area (Å²) in [6.45, 7) is 26.4. The Morgan fingerprint density at radius 1 is 0.356 bits per heavy atom. The van der Waals surface area contributed by atoms with E-state index in [1.54, 1.807) is 0 Å². The third-order valence-electron chi connectivity index (χ3n) is 18.3. The lowest BCUT2D eigenvalue weighted by Crippen LogP contribution is -2.24. The molecule has 0 unspecified atom stereocenters. The molecule has 4 aliphatic rings. The molecule has 2 aromatic heterocycles. The fourth-order valence-electron chi connectivity index (χ4n) is 14.9. The molecule has 0 amide bonds. The van der Waals surface area contributed by atoms with Crippen LogP contribution in [-0.4, -0.2) is 0 Å². The Hall–Kier alpha value is -7.62. The maximum Gasteiger partial charge on any atom is 0.144 e. The molecule has 0 saturated heterocycles. The van der Waals surface area contributed by atoms with Crippen molar-refractivity contribution in [2.45, 2.75) is 103 Å². The fraction of sp³-hybridized carbons (Fsp3) is 0.229. The molecule has 0 fully saturated rings. The first-order valence-electron chi connectivity index (χ1n) is 26.3. The first-order chi connectivity index (χ1) is 34.9. The molecule has 15 rings (SSSR count). The lowest BCUT2D eigenvalue weighted by atomic mass is 9.72. The van der Waals surface area contributed by atoms with Crippen molar-refractivity contribution in [1.82, 2.24) is 0 Å². The zero-order valence-corrected chi connectivity index (χ0v) is 43.8. The third kappa shape index (κ3) is 5.25. The summed E-state index contributed by atoms with van der Waals surface area (Å²) in [4.78, 5) is 2.52. The molecule has 11 aromatic rings. The number of rotatable bonds is 3. The van der Waals surface area contributed by atoms with Gasteiger partial charge in [-0.3, -0.25) is 0 Å². The quantitative estimate of drug-likeness (QED) is 0.177. The molecule has 3 heteroatoms. The number of benzene rings is 9. The predicted octanol–water partition coefficient (Wildman–Crippen LogP) is 19.5. The minimum Gasteiger partial charge on any atom is -0.455 e. The Balaban J connectivity index is 0.969. The van der Waals surface area contributed by atoms with E-state index in [4.69, 9.17) is 8.83 Å². The highest BCUT2D eigenvalue weighted by molar-refractivity contribution is 6.22. The van der Waals surface area contributed by atoms with Gasteiger partial charge in [-0.2, -0.15) is 0 Å². The Bertz CT molecular complexity index is 4040. The number of furan rings is 2. The van der Waals surface area contributed by atoms with Crippen LogP contribution in [0.2, 0.25) is 0 Å². The Morgan fingerprint density at radius 3 is 1.15 bits per heavy atom. The van der Waals surface area contributed by atoms with Crippen LogP contribution in [0, 0.1) is 0 Å². The van der Waals surface area contributed by atoms with E-state index >= 15 is 0 Å². The van der Waals surface area contributed by atoms with Gasteiger partial charge in [-0.1, -0.05) is 185 Å². The molecule has 356 valence electrons. The van der Waals surface area contributed by atoms with Crippen molar-refractivity contribution in [2.75, 3.05) is 4.90 Å². The molecule has 0 aliphatic heterocycles.